The van der Waals surface area contributed by atoms with Crippen LogP contribution in [0.15, 0.2) is 36.4 Å². The van der Waals surface area contributed by atoms with Crippen molar-refractivity contribution in [3.63, 3.8) is 0 Å². The molecule has 0 saturated carbocycles. The molecule has 0 saturated heterocycles. The minimum Gasteiger partial charge on any atom is -0.495 e. The van der Waals surface area contributed by atoms with Gasteiger partial charge in [0.15, 0.2) is 0 Å². The van der Waals surface area contributed by atoms with Gasteiger partial charge in [0, 0.05) is 40.8 Å². The van der Waals surface area contributed by atoms with Crippen LogP contribution in [0.25, 0.3) is 0 Å². The zero-order valence-corrected chi connectivity index (χ0v) is 23.1. The predicted molar refractivity (Wildman–Crippen MR) is 142 cm³/mol. The smallest absolute Gasteiger partial charge is 0.271 e. The first-order chi connectivity index (χ1) is 17.3. The van der Waals surface area contributed by atoms with Gasteiger partial charge in [0.05, 0.1) is 18.3 Å². The Morgan fingerprint density at radius 1 is 1.16 bits per heavy atom. The summed E-state index contributed by atoms with van der Waals surface area (Å²) in [5.41, 5.74) is -0.222. The first-order valence-corrected chi connectivity index (χ1v) is 13.8. The van der Waals surface area contributed by atoms with Crippen molar-refractivity contribution in [2.75, 3.05) is 30.8 Å². The van der Waals surface area contributed by atoms with E-state index in [0.29, 0.717) is 16.4 Å². The molecule has 2 amide bonds. The molecule has 2 rings (SSSR count). The lowest BCUT2D eigenvalue weighted by Crippen LogP contribution is -2.52. The number of nitrogens with zero attached hydrogens (tertiary/aromatic N) is 3. The fraction of sp³-hybridized carbons (Fsp3) is 0.391. The number of ether oxygens (including phenoxy) is 1. The van der Waals surface area contributed by atoms with Crippen LogP contribution in [0.3, 0.4) is 0 Å². The molecule has 0 aliphatic heterocycles. The van der Waals surface area contributed by atoms with E-state index in [0.717, 1.165) is 18.4 Å². The van der Waals surface area contributed by atoms with Crippen LogP contribution in [-0.2, 0) is 26.2 Å². The number of halogens is 2. The number of carbonyl (C=O) groups excluding carboxylic acids is 2. The number of nitro groups is 1. The van der Waals surface area contributed by atoms with Crippen molar-refractivity contribution in [3.8, 4) is 5.75 Å². The molecule has 2 aromatic rings. The van der Waals surface area contributed by atoms with Crippen molar-refractivity contribution >= 4 is 56.4 Å². The minimum absolute atomic E-state index is 0.000269. The summed E-state index contributed by atoms with van der Waals surface area (Å²) in [5.74, 6) is -1.20. The number of nitrogens with one attached hydrogen (secondary N) is 1. The molecule has 14 heteroatoms. The molecule has 0 aliphatic rings. The summed E-state index contributed by atoms with van der Waals surface area (Å²) in [6.07, 6.45) is 1.06. The molecule has 2 aromatic carbocycles. The largest absolute Gasteiger partial charge is 0.495 e. The number of sulfonamides is 1. The average molecular weight is 575 g/mol. The highest BCUT2D eigenvalue weighted by Crippen LogP contribution is 2.34. The first-order valence-electron chi connectivity index (χ1n) is 11.2. The van der Waals surface area contributed by atoms with E-state index in [1.165, 1.54) is 18.1 Å². The van der Waals surface area contributed by atoms with Crippen molar-refractivity contribution in [1.29, 1.82) is 0 Å². The quantitative estimate of drug-likeness (QED) is 0.301. The van der Waals surface area contributed by atoms with Crippen molar-refractivity contribution in [3.05, 3.63) is 62.1 Å². The maximum Gasteiger partial charge on any atom is 0.271 e. The molecule has 1 N–H and O–H groups in total. The van der Waals surface area contributed by atoms with Gasteiger partial charge in [0.1, 0.15) is 24.0 Å². The molecule has 0 aliphatic carbocycles. The summed E-state index contributed by atoms with van der Waals surface area (Å²) in [5, 5.41) is 14.5. The Morgan fingerprint density at radius 2 is 1.78 bits per heavy atom. The third-order valence-corrected chi connectivity index (χ3v) is 7.28. The van der Waals surface area contributed by atoms with Crippen molar-refractivity contribution < 1.29 is 27.7 Å². The summed E-state index contributed by atoms with van der Waals surface area (Å²) in [7, 11) is -2.88. The molecule has 0 aromatic heterocycles. The molecule has 37 heavy (non-hydrogen) atoms. The molecule has 0 radical (unpaired) electrons. The van der Waals surface area contributed by atoms with Crippen LogP contribution in [-0.4, -0.2) is 62.6 Å². The van der Waals surface area contributed by atoms with Gasteiger partial charge in [-0.15, -0.1) is 0 Å². The Balaban J connectivity index is 2.61. The molecule has 1 unspecified atom stereocenters. The Morgan fingerprint density at radius 3 is 2.27 bits per heavy atom. The van der Waals surface area contributed by atoms with Gasteiger partial charge < -0.3 is 15.0 Å². The van der Waals surface area contributed by atoms with E-state index in [1.807, 2.05) is 0 Å². The monoisotopic (exact) mass is 574 g/mol. The summed E-state index contributed by atoms with van der Waals surface area (Å²) in [6.45, 7) is 2.78. The summed E-state index contributed by atoms with van der Waals surface area (Å²) >= 11 is 12.6. The van der Waals surface area contributed by atoms with E-state index in [9.17, 15) is 28.1 Å². The average Bonchev–Trinajstić information content (AvgIpc) is 2.83. The fourth-order valence-corrected chi connectivity index (χ4v) is 5.01. The molecule has 11 nitrogen and oxygen atoms in total. The normalized spacial score (nSPS) is 11.9. The molecular weight excluding hydrogens is 547 g/mol. The number of nitro benzene ring substituents is 1. The second-order valence-electron chi connectivity index (χ2n) is 7.92. The Hall–Kier alpha value is -3.09. The number of amides is 2. The van der Waals surface area contributed by atoms with E-state index < -0.39 is 45.0 Å². The van der Waals surface area contributed by atoms with E-state index in [1.54, 1.807) is 32.0 Å². The summed E-state index contributed by atoms with van der Waals surface area (Å²) in [4.78, 5) is 38.4. The maximum absolute atomic E-state index is 13.7. The van der Waals surface area contributed by atoms with Crippen molar-refractivity contribution in [2.24, 2.45) is 0 Å². The van der Waals surface area contributed by atoms with Gasteiger partial charge >= 0.3 is 0 Å². The van der Waals surface area contributed by atoms with Gasteiger partial charge in [-0.1, -0.05) is 36.2 Å². The number of rotatable bonds is 12. The molecule has 0 spiro atoms. The summed E-state index contributed by atoms with van der Waals surface area (Å²) in [6, 6.07) is 7.20. The highest BCUT2D eigenvalue weighted by molar-refractivity contribution is 7.92. The molecule has 0 fully saturated rings. The number of methoxy groups -OCH3 is 1. The Labute approximate surface area is 225 Å². The lowest BCUT2D eigenvalue weighted by Gasteiger charge is -2.33. The van der Waals surface area contributed by atoms with Gasteiger partial charge in [-0.2, -0.15) is 0 Å². The van der Waals surface area contributed by atoms with Crippen LogP contribution in [0.2, 0.25) is 10.0 Å². The number of likely N-dealkylation sites (N-methyl/N-ethyl adjacent to an activating group) is 1. The number of hydrogen-bond acceptors (Lipinski definition) is 7. The Kier molecular flexibility index (Phi) is 10.5. The molecule has 202 valence electrons. The lowest BCUT2D eigenvalue weighted by molar-refractivity contribution is -0.384. The molecule has 0 bridgehead atoms. The number of benzene rings is 2. The van der Waals surface area contributed by atoms with Crippen LogP contribution in [0.1, 0.15) is 25.8 Å². The van der Waals surface area contributed by atoms with Crippen molar-refractivity contribution in [1.82, 2.24) is 10.2 Å². The van der Waals surface area contributed by atoms with Crippen molar-refractivity contribution in [2.45, 2.75) is 32.9 Å². The lowest BCUT2D eigenvalue weighted by atomic mass is 10.1. The van der Waals surface area contributed by atoms with Gasteiger partial charge in [-0.05, 0) is 31.5 Å². The first kappa shape index (κ1) is 30.1. The fourth-order valence-electron chi connectivity index (χ4n) is 3.65. The highest BCUT2D eigenvalue weighted by Gasteiger charge is 2.33. The van der Waals surface area contributed by atoms with Crippen LogP contribution in [0, 0.1) is 10.1 Å². The number of hydrogen-bond donors (Lipinski definition) is 1. The van der Waals surface area contributed by atoms with Gasteiger partial charge in [-0.3, -0.25) is 24.0 Å². The van der Waals surface area contributed by atoms with Gasteiger partial charge in [0.2, 0.25) is 21.8 Å². The predicted octanol–water partition coefficient (Wildman–Crippen LogP) is 3.62. The van der Waals surface area contributed by atoms with Crippen LogP contribution in [0.4, 0.5) is 11.4 Å². The zero-order chi connectivity index (χ0) is 27.9. The second-order valence-corrected chi connectivity index (χ2v) is 10.6. The minimum atomic E-state index is -4.14. The summed E-state index contributed by atoms with van der Waals surface area (Å²) < 4.78 is 31.5. The van der Waals surface area contributed by atoms with Gasteiger partial charge in [0.25, 0.3) is 5.69 Å². The van der Waals surface area contributed by atoms with Crippen LogP contribution in [0.5, 0.6) is 5.75 Å². The molecule has 1 atom stereocenters. The number of non-ortho nitro benzene ring substituents is 1. The third-order valence-electron chi connectivity index (χ3n) is 5.45. The zero-order valence-electron chi connectivity index (χ0n) is 20.7. The number of carbonyl (C=O) groups is 2. The highest BCUT2D eigenvalue weighted by atomic mass is 35.5. The maximum atomic E-state index is 13.7. The van der Waals surface area contributed by atoms with E-state index >= 15 is 0 Å². The third kappa shape index (κ3) is 7.46. The molecule has 0 heterocycles. The van der Waals surface area contributed by atoms with E-state index in [4.69, 9.17) is 27.9 Å². The SMILES string of the molecule is CCNC(=O)C(CC)N(Cc1c(Cl)cccc1Cl)C(=O)CN(c1cc([N+](=O)[O-])ccc1OC)S(C)(=O)=O. The van der Waals surface area contributed by atoms with E-state index in [-0.39, 0.29) is 34.4 Å². The van der Waals surface area contributed by atoms with Crippen LogP contribution >= 0.6 is 23.2 Å². The van der Waals surface area contributed by atoms with E-state index in [2.05, 4.69) is 5.32 Å². The topological polar surface area (TPSA) is 139 Å². The van der Waals surface area contributed by atoms with Crippen LogP contribution < -0.4 is 14.4 Å². The number of anilines is 1. The standard InChI is InChI=1S/C23H28Cl2N4O7S/c1-5-19(23(31)26-6-2)27(13-16-17(24)8-7-9-18(16)25)22(30)14-28(37(4,34)35)20-12-15(29(32)33)10-11-21(20)36-3/h7-12,19H,5-6,13-14H2,1-4H3,(H,26,31). The molecular formula is C23H28Cl2N4O7S. The second kappa shape index (κ2) is 12.9. The Bertz CT molecular complexity index is 1250. The van der Waals surface area contributed by atoms with Gasteiger partial charge in [-0.25, -0.2) is 8.42 Å².